The smallest absolute Gasteiger partial charge is 0.0636 e. The van der Waals surface area contributed by atoms with Crippen molar-refractivity contribution in [2.45, 2.75) is 45.3 Å². The fraction of sp³-hybridized carbons (Fsp3) is 1.00. The lowest BCUT2D eigenvalue weighted by atomic mass is 9.80. The quantitative estimate of drug-likeness (QED) is 0.641. The number of rotatable bonds is 4. The molecule has 1 saturated carbocycles. The molecule has 2 heteroatoms. The van der Waals surface area contributed by atoms with E-state index in [4.69, 9.17) is 5.11 Å². The Balaban J connectivity index is 2.05. The normalized spacial score (nSPS) is 24.3. The minimum absolute atomic E-state index is 0.211. The van der Waals surface area contributed by atoms with Gasteiger partial charge in [-0.2, -0.15) is 0 Å². The van der Waals surface area contributed by atoms with E-state index in [0.29, 0.717) is 6.04 Å². The number of hydrogen-bond acceptors (Lipinski definition) is 2. The minimum atomic E-state index is -0.211. The van der Waals surface area contributed by atoms with Crippen LogP contribution in [-0.2, 0) is 0 Å². The zero-order valence-corrected chi connectivity index (χ0v) is 7.51. The summed E-state index contributed by atoms with van der Waals surface area (Å²) in [6.07, 6.45) is 3.92. The standard InChI is InChI=1S/C9H19NO/c1-7(11)6-10-8(2)9-4-3-5-9/h7-11H,3-6H2,1-2H3. The molecule has 0 saturated heterocycles. The Bertz CT molecular complexity index is 110. The predicted octanol–water partition coefficient (Wildman–Crippen LogP) is 1.15. The molecule has 0 aromatic rings. The highest BCUT2D eigenvalue weighted by Crippen LogP contribution is 2.29. The van der Waals surface area contributed by atoms with E-state index in [2.05, 4.69) is 12.2 Å². The van der Waals surface area contributed by atoms with E-state index in [1.807, 2.05) is 6.92 Å². The lowest BCUT2D eigenvalue weighted by molar-refractivity contribution is 0.168. The summed E-state index contributed by atoms with van der Waals surface area (Å²) in [6, 6.07) is 0.596. The van der Waals surface area contributed by atoms with Crippen LogP contribution in [0.25, 0.3) is 0 Å². The van der Waals surface area contributed by atoms with Gasteiger partial charge in [0.15, 0.2) is 0 Å². The number of aliphatic hydroxyl groups excluding tert-OH is 1. The van der Waals surface area contributed by atoms with Gasteiger partial charge in [-0.1, -0.05) is 6.42 Å². The molecule has 2 nitrogen and oxygen atoms in total. The Morgan fingerprint density at radius 2 is 2.09 bits per heavy atom. The van der Waals surface area contributed by atoms with Crippen molar-refractivity contribution in [1.29, 1.82) is 0 Å². The van der Waals surface area contributed by atoms with Crippen LogP contribution < -0.4 is 5.32 Å². The average molecular weight is 157 g/mol. The topological polar surface area (TPSA) is 32.3 Å². The van der Waals surface area contributed by atoms with E-state index >= 15 is 0 Å². The molecule has 1 aliphatic rings. The Kier molecular flexibility index (Phi) is 3.34. The molecule has 1 aliphatic carbocycles. The number of nitrogens with one attached hydrogen (secondary N) is 1. The van der Waals surface area contributed by atoms with Gasteiger partial charge in [0.1, 0.15) is 0 Å². The van der Waals surface area contributed by atoms with Crippen LogP contribution in [0.2, 0.25) is 0 Å². The third-order valence-electron chi connectivity index (χ3n) is 2.59. The average Bonchev–Trinajstić information content (AvgIpc) is 1.79. The molecule has 0 aromatic carbocycles. The third kappa shape index (κ3) is 2.80. The van der Waals surface area contributed by atoms with Crippen molar-refractivity contribution in [3.8, 4) is 0 Å². The summed E-state index contributed by atoms with van der Waals surface area (Å²) < 4.78 is 0. The van der Waals surface area contributed by atoms with Crippen LogP contribution in [0.15, 0.2) is 0 Å². The summed E-state index contributed by atoms with van der Waals surface area (Å²) in [5.74, 6) is 0.869. The summed E-state index contributed by atoms with van der Waals surface area (Å²) in [6.45, 7) is 4.77. The number of hydrogen-bond donors (Lipinski definition) is 2. The van der Waals surface area contributed by atoms with Gasteiger partial charge in [-0.05, 0) is 32.6 Å². The van der Waals surface area contributed by atoms with Gasteiger partial charge in [-0.25, -0.2) is 0 Å². The molecule has 0 aromatic heterocycles. The monoisotopic (exact) mass is 157 g/mol. The molecule has 0 aliphatic heterocycles. The minimum Gasteiger partial charge on any atom is -0.392 e. The van der Waals surface area contributed by atoms with Gasteiger partial charge in [0.05, 0.1) is 6.10 Å². The number of aliphatic hydroxyl groups is 1. The van der Waals surface area contributed by atoms with Gasteiger partial charge in [0.25, 0.3) is 0 Å². The first-order valence-electron chi connectivity index (χ1n) is 4.61. The maximum absolute atomic E-state index is 9.01. The van der Waals surface area contributed by atoms with Crippen LogP contribution in [0.4, 0.5) is 0 Å². The second-order valence-corrected chi connectivity index (χ2v) is 3.74. The molecule has 1 rings (SSSR count). The SMILES string of the molecule is CC(O)CNC(C)C1CCC1. The zero-order chi connectivity index (χ0) is 8.27. The van der Waals surface area contributed by atoms with Crippen LogP contribution in [-0.4, -0.2) is 23.8 Å². The van der Waals surface area contributed by atoms with Gasteiger partial charge in [0, 0.05) is 12.6 Å². The molecule has 1 fully saturated rings. The lowest BCUT2D eigenvalue weighted by Crippen LogP contribution is -2.40. The van der Waals surface area contributed by atoms with Crippen LogP contribution >= 0.6 is 0 Å². The van der Waals surface area contributed by atoms with E-state index in [1.165, 1.54) is 19.3 Å². The van der Waals surface area contributed by atoms with Crippen LogP contribution in [0.3, 0.4) is 0 Å². The maximum Gasteiger partial charge on any atom is 0.0636 e. The molecule has 0 radical (unpaired) electrons. The lowest BCUT2D eigenvalue weighted by Gasteiger charge is -2.32. The molecule has 2 atom stereocenters. The van der Waals surface area contributed by atoms with Crippen molar-refractivity contribution < 1.29 is 5.11 Å². The fourth-order valence-electron chi connectivity index (χ4n) is 1.46. The predicted molar refractivity (Wildman–Crippen MR) is 46.5 cm³/mol. The molecule has 66 valence electrons. The van der Waals surface area contributed by atoms with E-state index in [9.17, 15) is 0 Å². The van der Waals surface area contributed by atoms with Crippen molar-refractivity contribution in [3.05, 3.63) is 0 Å². The van der Waals surface area contributed by atoms with Gasteiger partial charge in [0.2, 0.25) is 0 Å². The van der Waals surface area contributed by atoms with Crippen LogP contribution in [0.1, 0.15) is 33.1 Å². The highest BCUT2D eigenvalue weighted by Gasteiger charge is 2.23. The van der Waals surface area contributed by atoms with Gasteiger partial charge >= 0.3 is 0 Å². The molecule has 2 N–H and O–H groups in total. The molecule has 11 heavy (non-hydrogen) atoms. The maximum atomic E-state index is 9.01. The molecule has 0 spiro atoms. The molecular weight excluding hydrogens is 138 g/mol. The summed E-state index contributed by atoms with van der Waals surface area (Å²) >= 11 is 0. The van der Waals surface area contributed by atoms with E-state index in [0.717, 1.165) is 12.5 Å². The summed E-state index contributed by atoms with van der Waals surface area (Å²) in [7, 11) is 0. The largest absolute Gasteiger partial charge is 0.392 e. The molecular formula is C9H19NO. The van der Waals surface area contributed by atoms with E-state index in [1.54, 1.807) is 0 Å². The first kappa shape index (κ1) is 9.01. The summed E-state index contributed by atoms with van der Waals surface area (Å²) in [5.41, 5.74) is 0. The van der Waals surface area contributed by atoms with Gasteiger partial charge < -0.3 is 10.4 Å². The Morgan fingerprint density at radius 3 is 2.45 bits per heavy atom. The highest BCUT2D eigenvalue weighted by molar-refractivity contribution is 4.79. The highest BCUT2D eigenvalue weighted by atomic mass is 16.3. The van der Waals surface area contributed by atoms with Gasteiger partial charge in [-0.15, -0.1) is 0 Å². The first-order chi connectivity index (χ1) is 5.20. The fourth-order valence-corrected chi connectivity index (χ4v) is 1.46. The second-order valence-electron chi connectivity index (χ2n) is 3.74. The zero-order valence-electron chi connectivity index (χ0n) is 7.51. The summed E-state index contributed by atoms with van der Waals surface area (Å²) in [5, 5.41) is 12.3. The first-order valence-corrected chi connectivity index (χ1v) is 4.61. The molecule has 2 unspecified atom stereocenters. The van der Waals surface area contributed by atoms with E-state index in [-0.39, 0.29) is 6.10 Å². The van der Waals surface area contributed by atoms with Crippen LogP contribution in [0.5, 0.6) is 0 Å². The Morgan fingerprint density at radius 1 is 1.45 bits per heavy atom. The van der Waals surface area contributed by atoms with Crippen molar-refractivity contribution in [1.82, 2.24) is 5.32 Å². The Labute approximate surface area is 69.0 Å². The van der Waals surface area contributed by atoms with Gasteiger partial charge in [-0.3, -0.25) is 0 Å². The second kappa shape index (κ2) is 4.07. The van der Waals surface area contributed by atoms with Crippen molar-refractivity contribution in [2.24, 2.45) is 5.92 Å². The third-order valence-corrected chi connectivity index (χ3v) is 2.59. The molecule has 0 amide bonds. The van der Waals surface area contributed by atoms with Crippen molar-refractivity contribution >= 4 is 0 Å². The van der Waals surface area contributed by atoms with E-state index < -0.39 is 0 Å². The summed E-state index contributed by atoms with van der Waals surface area (Å²) in [4.78, 5) is 0. The Hall–Kier alpha value is -0.0800. The molecule has 0 bridgehead atoms. The van der Waals surface area contributed by atoms with Crippen molar-refractivity contribution in [2.75, 3.05) is 6.54 Å². The van der Waals surface area contributed by atoms with Crippen molar-refractivity contribution in [3.63, 3.8) is 0 Å². The van der Waals surface area contributed by atoms with Crippen LogP contribution in [0, 0.1) is 5.92 Å². The molecule has 0 heterocycles.